The number of carbonyl (C=O) groups excluding carboxylic acids is 1. The van der Waals surface area contributed by atoms with Gasteiger partial charge in [0.25, 0.3) is 5.91 Å². The summed E-state index contributed by atoms with van der Waals surface area (Å²) in [6.07, 6.45) is 0. The van der Waals surface area contributed by atoms with Crippen molar-refractivity contribution in [2.24, 2.45) is 0 Å². The molecule has 2 aromatic carbocycles. The Kier molecular flexibility index (Phi) is 7.40. The van der Waals surface area contributed by atoms with Crippen molar-refractivity contribution >= 4 is 17.3 Å². The Morgan fingerprint density at radius 2 is 1.71 bits per heavy atom. The zero-order chi connectivity index (χ0) is 21.5. The molecule has 31 heavy (non-hydrogen) atoms. The molecule has 2 heterocycles. The first kappa shape index (κ1) is 21.6. The predicted octanol–water partition coefficient (Wildman–Crippen LogP) is -0.546. The minimum Gasteiger partial charge on any atom is -0.495 e. The first-order chi connectivity index (χ1) is 15.2. The van der Waals surface area contributed by atoms with Gasteiger partial charge in [0, 0.05) is 11.3 Å². The Morgan fingerprint density at radius 3 is 2.42 bits per heavy atom. The van der Waals surface area contributed by atoms with Crippen LogP contribution in [0.1, 0.15) is 5.56 Å². The van der Waals surface area contributed by atoms with Crippen LogP contribution in [0, 0.1) is 0 Å². The quantitative estimate of drug-likeness (QED) is 0.556. The van der Waals surface area contributed by atoms with Crippen LogP contribution in [0.25, 0.3) is 0 Å². The third-order valence-electron chi connectivity index (χ3n) is 6.20. The number of para-hydroxylation sites is 2. The zero-order valence-corrected chi connectivity index (χ0v) is 18.4. The van der Waals surface area contributed by atoms with Crippen molar-refractivity contribution in [3.8, 4) is 5.75 Å². The van der Waals surface area contributed by atoms with Crippen LogP contribution in [-0.2, 0) is 16.1 Å². The summed E-state index contributed by atoms with van der Waals surface area (Å²) in [4.78, 5) is 17.8. The van der Waals surface area contributed by atoms with Gasteiger partial charge in [0.15, 0.2) is 6.54 Å². The molecule has 166 valence electrons. The largest absolute Gasteiger partial charge is 0.495 e. The molecule has 2 aliphatic rings. The highest BCUT2D eigenvalue weighted by atomic mass is 16.5. The van der Waals surface area contributed by atoms with Crippen LogP contribution in [0.2, 0.25) is 0 Å². The van der Waals surface area contributed by atoms with Gasteiger partial charge >= 0.3 is 0 Å². The summed E-state index contributed by atoms with van der Waals surface area (Å²) in [5, 5.41) is 3.06. The van der Waals surface area contributed by atoms with Crippen LogP contribution in [-0.4, -0.2) is 72.0 Å². The van der Waals surface area contributed by atoms with Gasteiger partial charge in [-0.25, -0.2) is 0 Å². The predicted molar refractivity (Wildman–Crippen MR) is 121 cm³/mol. The second kappa shape index (κ2) is 10.6. The number of rotatable bonds is 7. The number of piperazine rings is 1. The standard InChI is InChI=1S/C24H32N4O3/c1-30-23-5-3-2-4-22(23)28-12-10-26(11-13-28)19-24(29)25-21-8-6-20(7-9-21)18-27-14-16-31-17-15-27/h2-9H,10-19H2,1H3,(H,25,29)/p+2. The van der Waals surface area contributed by atoms with Crippen molar-refractivity contribution < 1.29 is 24.1 Å². The Balaban J connectivity index is 1.22. The molecule has 0 unspecified atom stereocenters. The first-order valence-electron chi connectivity index (χ1n) is 11.2. The van der Waals surface area contributed by atoms with Crippen molar-refractivity contribution in [2.45, 2.75) is 6.54 Å². The number of quaternary nitrogens is 2. The normalized spacial score (nSPS) is 18.0. The number of anilines is 2. The molecule has 0 spiro atoms. The van der Waals surface area contributed by atoms with Crippen LogP contribution in [0.4, 0.5) is 11.4 Å². The monoisotopic (exact) mass is 426 g/mol. The van der Waals surface area contributed by atoms with Gasteiger partial charge in [-0.15, -0.1) is 0 Å². The van der Waals surface area contributed by atoms with Crippen molar-refractivity contribution in [2.75, 3.05) is 76.4 Å². The molecular weight excluding hydrogens is 392 g/mol. The molecule has 7 heteroatoms. The molecule has 4 rings (SSSR count). The molecular formula is C24H34N4O3+2. The van der Waals surface area contributed by atoms with Gasteiger partial charge in [-0.3, -0.25) is 4.79 Å². The molecule has 0 saturated carbocycles. The summed E-state index contributed by atoms with van der Waals surface area (Å²) in [5.41, 5.74) is 3.30. The molecule has 7 nitrogen and oxygen atoms in total. The molecule has 2 fully saturated rings. The lowest BCUT2D eigenvalue weighted by atomic mass is 10.2. The highest BCUT2D eigenvalue weighted by Gasteiger charge is 2.24. The summed E-state index contributed by atoms with van der Waals surface area (Å²) in [6.45, 7) is 9.04. The summed E-state index contributed by atoms with van der Waals surface area (Å²) in [6, 6.07) is 16.4. The number of benzene rings is 2. The lowest BCUT2D eigenvalue weighted by molar-refractivity contribution is -0.921. The fourth-order valence-electron chi connectivity index (χ4n) is 4.40. The second-order valence-electron chi connectivity index (χ2n) is 8.37. The number of ether oxygens (including phenoxy) is 2. The highest BCUT2D eigenvalue weighted by molar-refractivity contribution is 5.91. The molecule has 0 radical (unpaired) electrons. The van der Waals surface area contributed by atoms with E-state index in [1.165, 1.54) is 10.5 Å². The maximum atomic E-state index is 12.6. The minimum absolute atomic E-state index is 0.0762. The van der Waals surface area contributed by atoms with Crippen molar-refractivity contribution in [3.05, 3.63) is 54.1 Å². The minimum atomic E-state index is 0.0762. The van der Waals surface area contributed by atoms with E-state index in [2.05, 4.69) is 28.4 Å². The first-order valence-corrected chi connectivity index (χ1v) is 11.2. The Morgan fingerprint density at radius 1 is 1.00 bits per heavy atom. The number of methoxy groups -OCH3 is 1. The van der Waals surface area contributed by atoms with E-state index in [0.717, 1.165) is 76.2 Å². The third kappa shape index (κ3) is 5.97. The van der Waals surface area contributed by atoms with Gasteiger partial charge in [-0.1, -0.05) is 24.3 Å². The van der Waals surface area contributed by atoms with Gasteiger partial charge in [0.1, 0.15) is 25.4 Å². The number of amides is 1. The zero-order valence-electron chi connectivity index (χ0n) is 18.4. The average molecular weight is 427 g/mol. The molecule has 2 saturated heterocycles. The lowest BCUT2D eigenvalue weighted by Gasteiger charge is -2.34. The van der Waals surface area contributed by atoms with Crippen molar-refractivity contribution in [1.29, 1.82) is 0 Å². The molecule has 2 aliphatic heterocycles. The summed E-state index contributed by atoms with van der Waals surface area (Å²) >= 11 is 0. The van der Waals surface area contributed by atoms with E-state index < -0.39 is 0 Å². The van der Waals surface area contributed by atoms with Crippen molar-refractivity contribution in [3.63, 3.8) is 0 Å². The number of nitrogens with one attached hydrogen (secondary N) is 3. The highest BCUT2D eigenvalue weighted by Crippen LogP contribution is 2.27. The SMILES string of the molecule is COc1ccccc1N1CC[NH+](CC(=O)Nc2ccc(C[NH+]3CCOCC3)cc2)CC1. The van der Waals surface area contributed by atoms with E-state index in [9.17, 15) is 4.79 Å². The van der Waals surface area contributed by atoms with E-state index in [1.54, 1.807) is 12.0 Å². The van der Waals surface area contributed by atoms with Gasteiger partial charge in [-0.2, -0.15) is 0 Å². The van der Waals surface area contributed by atoms with Crippen LogP contribution >= 0.6 is 0 Å². The fourth-order valence-corrected chi connectivity index (χ4v) is 4.40. The van der Waals surface area contributed by atoms with E-state index in [-0.39, 0.29) is 5.91 Å². The van der Waals surface area contributed by atoms with E-state index in [4.69, 9.17) is 9.47 Å². The fraction of sp³-hybridized carbons (Fsp3) is 0.458. The van der Waals surface area contributed by atoms with Crippen LogP contribution < -0.4 is 24.8 Å². The van der Waals surface area contributed by atoms with Gasteiger partial charge in [0.2, 0.25) is 0 Å². The summed E-state index contributed by atoms with van der Waals surface area (Å²) < 4.78 is 10.9. The van der Waals surface area contributed by atoms with Crippen LogP contribution in [0.5, 0.6) is 5.75 Å². The molecule has 0 atom stereocenters. The molecule has 3 N–H and O–H groups in total. The summed E-state index contributed by atoms with van der Waals surface area (Å²) in [7, 11) is 1.71. The Labute approximate surface area is 184 Å². The molecule has 1 amide bonds. The number of carbonyl (C=O) groups is 1. The Hall–Kier alpha value is -2.61. The molecule has 0 bridgehead atoms. The van der Waals surface area contributed by atoms with Crippen LogP contribution in [0.3, 0.4) is 0 Å². The smallest absolute Gasteiger partial charge is 0.279 e. The van der Waals surface area contributed by atoms with Gasteiger partial charge in [-0.05, 0) is 24.3 Å². The van der Waals surface area contributed by atoms with Crippen LogP contribution in [0.15, 0.2) is 48.5 Å². The maximum absolute atomic E-state index is 12.6. The second-order valence-corrected chi connectivity index (χ2v) is 8.37. The summed E-state index contributed by atoms with van der Waals surface area (Å²) in [5.74, 6) is 0.981. The lowest BCUT2D eigenvalue weighted by Crippen LogP contribution is -3.15. The topological polar surface area (TPSA) is 59.7 Å². The molecule has 0 aliphatic carbocycles. The number of hydrogen-bond acceptors (Lipinski definition) is 4. The third-order valence-corrected chi connectivity index (χ3v) is 6.20. The number of morpholine rings is 1. The maximum Gasteiger partial charge on any atom is 0.279 e. The van der Waals surface area contributed by atoms with Gasteiger partial charge in [0.05, 0.1) is 52.2 Å². The van der Waals surface area contributed by atoms with Crippen molar-refractivity contribution in [1.82, 2.24) is 0 Å². The number of hydrogen-bond donors (Lipinski definition) is 3. The van der Waals surface area contributed by atoms with E-state index in [1.807, 2.05) is 30.3 Å². The van der Waals surface area contributed by atoms with E-state index in [0.29, 0.717) is 6.54 Å². The Bertz CT molecular complexity index is 844. The number of nitrogens with zero attached hydrogens (tertiary/aromatic N) is 1. The van der Waals surface area contributed by atoms with E-state index >= 15 is 0 Å². The van der Waals surface area contributed by atoms with Gasteiger partial charge < -0.3 is 29.5 Å². The molecule has 2 aromatic rings. The average Bonchev–Trinajstić information content (AvgIpc) is 2.81. The molecule has 0 aromatic heterocycles.